The molecule has 767 valence electrons. The molecule has 4 aliphatic heterocycles. The van der Waals surface area contributed by atoms with E-state index < -0.39 is 117 Å². The van der Waals surface area contributed by atoms with E-state index in [-0.39, 0.29) is 161 Å². The number of unbranched alkanes of at least 4 members (excludes halogenated alkanes) is 13. The normalized spacial score (nSPS) is 24.1. The number of hydrogen-bond donors (Lipinski definition) is 13. The van der Waals surface area contributed by atoms with Crippen molar-refractivity contribution in [1.29, 1.82) is 0 Å². The van der Waals surface area contributed by atoms with Gasteiger partial charge in [0.1, 0.15) is 54.0 Å². The molecule has 15 unspecified atom stereocenters. The van der Waals surface area contributed by atoms with Crippen LogP contribution in [0.15, 0.2) is 0 Å². The fraction of sp³-hybridized carbons (Fsp3) is 0.904. The minimum Gasteiger partial charge on any atom is -0.466 e. The maximum atomic E-state index is 12.7. The number of likely N-dealkylation sites (tertiary alicyclic amines) is 1. The Morgan fingerprint density at radius 1 is 0.402 bits per heavy atom. The molecule has 4 saturated heterocycles. The Balaban J connectivity index is 0.00000133. The zero-order valence-corrected chi connectivity index (χ0v) is 85.2. The summed E-state index contributed by atoms with van der Waals surface area (Å²) in [5.74, 6) is -0.667. The molecule has 0 aromatic carbocycles. The number of aliphatic hydroxyl groups excluding tert-OH is 10. The molecule has 0 aromatic heterocycles. The van der Waals surface area contributed by atoms with Gasteiger partial charge in [-0.15, -0.1) is 0 Å². The predicted octanol–water partition coefficient (Wildman–Crippen LogP) is 8.65. The molecule has 38 heteroatoms. The second-order valence-corrected chi connectivity index (χ2v) is 39.4. The SMILES string of the molecule is CC1C(OCCCC(=O)CCCCCCCNC(=O)OCCCC(C)(CCCOC(=O)CCCCCCCNC(=O)CCCOC2OC(CO)C(O)C(O)C2C)CCCOC(=O)CCCCCCCNC(=O)CCCOC2OC(CO)C(O)C(O)C2C)OC(CO)C(O)C1O.CCC(=O)CCOCCOCCSSC(C)(C)CCC(=O)CCCCC(=O)N1C[C@@H](OC)C[C@@H]1CO.[Y]. The summed E-state index contributed by atoms with van der Waals surface area (Å²) in [5.41, 5.74) is -0.206. The second-order valence-electron chi connectivity index (χ2n) is 36.3. The molecule has 13 N–H and O–H groups in total. The first kappa shape index (κ1) is 125. The standard InChI is InChI=1S/C68H123N3O24.C26H47NO7S2.Y/c1-47-58(80)61(83)51(44-72)93-64(47)89-38-20-27-50(75)26-14-8-5-13-19-37-71-67(86)92-43-25-34-68(4,32-23-41-87-56(78)30-15-9-6-11-17-35-69-54(76)28-21-39-90-65-48(2)59(81)62(84)52(45-73)94-65)33-24-42-88-57(79)31-16-10-7-12-18-36-70-55(77)29-22-40-91-66-49(3)60(82)63(85)53(46-74)95-66;1-5-22(29)11-13-33-14-15-34-16-17-35-36-26(2,3)12-10-23(30)8-6-7-9-25(31)27-19-24(32-4)18-21(27)20-28;/h47-49,51-53,58-66,72-74,80-85H,5-46H2,1-4H3,(H,69,76)(H,70,77)(H,71,86);21,24,28H,5-20H2,1-4H3;/t;21-,24+;/m.1./s1. The van der Waals surface area contributed by atoms with Crippen molar-refractivity contribution in [1.82, 2.24) is 20.9 Å². The molecule has 0 aliphatic carbocycles. The molecule has 17 atom stereocenters. The molecule has 0 spiro atoms. The van der Waals surface area contributed by atoms with E-state index in [2.05, 4.69) is 36.7 Å². The number of carbonyl (C=O) groups is 9. The molecule has 4 heterocycles. The van der Waals surface area contributed by atoms with Gasteiger partial charge < -0.3 is 129 Å². The summed E-state index contributed by atoms with van der Waals surface area (Å²) < 4.78 is 66.8. The fourth-order valence-electron chi connectivity index (χ4n) is 15.8. The molecule has 132 heavy (non-hydrogen) atoms. The molecule has 4 aliphatic rings. The molecule has 35 nitrogen and oxygen atoms in total. The van der Waals surface area contributed by atoms with Crippen LogP contribution in [0.3, 0.4) is 0 Å². The fourth-order valence-corrected chi connectivity index (χ4v) is 18.2. The topological polar surface area (TPSA) is 506 Å². The maximum absolute atomic E-state index is 12.7. The number of ether oxygens (including phenoxy) is 12. The molecular weight excluding hydrogens is 1830 g/mol. The number of esters is 2. The number of alkyl carbamates (subject to hydrolysis) is 1. The van der Waals surface area contributed by atoms with Crippen LogP contribution in [0.1, 0.15) is 299 Å². The number of amides is 4. The number of hydrogen-bond acceptors (Lipinski definition) is 33. The summed E-state index contributed by atoms with van der Waals surface area (Å²) in [6, 6.07) is -0.157. The minimum absolute atomic E-state index is 0. The predicted molar refractivity (Wildman–Crippen MR) is 494 cm³/mol. The van der Waals surface area contributed by atoms with Gasteiger partial charge in [-0.05, 0) is 141 Å². The van der Waals surface area contributed by atoms with Crippen molar-refractivity contribution in [3.8, 4) is 0 Å². The van der Waals surface area contributed by atoms with Crippen molar-refractivity contribution in [2.75, 3.05) is 132 Å². The van der Waals surface area contributed by atoms with E-state index in [4.69, 9.17) is 56.8 Å². The number of aliphatic hydroxyl groups is 10. The van der Waals surface area contributed by atoms with Crippen LogP contribution in [0.2, 0.25) is 0 Å². The summed E-state index contributed by atoms with van der Waals surface area (Å²) in [4.78, 5) is 113. The van der Waals surface area contributed by atoms with E-state index in [1.165, 1.54) is 0 Å². The third-order valence-electron chi connectivity index (χ3n) is 24.5. The van der Waals surface area contributed by atoms with Gasteiger partial charge in [-0.3, -0.25) is 38.4 Å². The summed E-state index contributed by atoms with van der Waals surface area (Å²) in [6.45, 7) is 17.7. The zero-order valence-electron chi connectivity index (χ0n) is 80.7. The van der Waals surface area contributed by atoms with Crippen molar-refractivity contribution in [3.63, 3.8) is 0 Å². The van der Waals surface area contributed by atoms with E-state index in [9.17, 15) is 94.2 Å². The Labute approximate surface area is 818 Å². The van der Waals surface area contributed by atoms with Gasteiger partial charge in [0.05, 0.1) is 123 Å². The Bertz CT molecular complexity index is 2850. The molecule has 0 saturated carbocycles. The number of ketones is 3. The van der Waals surface area contributed by atoms with Gasteiger partial charge in [0.15, 0.2) is 18.9 Å². The minimum atomic E-state index is -1.20. The van der Waals surface area contributed by atoms with E-state index in [1.54, 1.807) is 54.4 Å². The third kappa shape index (κ3) is 55.6. The first-order valence-corrected chi connectivity index (χ1v) is 51.1. The van der Waals surface area contributed by atoms with Crippen LogP contribution in [0.5, 0.6) is 0 Å². The van der Waals surface area contributed by atoms with E-state index in [0.717, 1.165) is 115 Å². The number of carbonyl (C=O) groups excluding carboxylic acids is 9. The molecule has 0 bridgehead atoms. The summed E-state index contributed by atoms with van der Waals surface area (Å²) >= 11 is 0. The number of rotatable bonds is 76. The van der Waals surface area contributed by atoms with Gasteiger partial charge in [0.2, 0.25) is 17.7 Å². The van der Waals surface area contributed by atoms with Gasteiger partial charge in [-0.25, -0.2) is 4.79 Å². The molecule has 4 rings (SSSR count). The number of nitrogens with one attached hydrogen (secondary N) is 3. The Hall–Kier alpha value is -3.33. The summed E-state index contributed by atoms with van der Waals surface area (Å²) in [7, 11) is 5.17. The van der Waals surface area contributed by atoms with Gasteiger partial charge in [-0.1, -0.05) is 114 Å². The van der Waals surface area contributed by atoms with Crippen molar-refractivity contribution in [3.05, 3.63) is 0 Å². The first-order chi connectivity index (χ1) is 62.9. The maximum Gasteiger partial charge on any atom is 0.407 e. The molecule has 4 fully saturated rings. The van der Waals surface area contributed by atoms with Crippen LogP contribution >= 0.6 is 21.6 Å². The number of methoxy groups -OCH3 is 1. The van der Waals surface area contributed by atoms with E-state index in [1.807, 2.05) is 6.92 Å². The molecule has 1 radical (unpaired) electrons. The third-order valence-corrected chi connectivity index (χ3v) is 27.8. The summed E-state index contributed by atoms with van der Waals surface area (Å²) in [5, 5.41) is 107. The van der Waals surface area contributed by atoms with Crippen molar-refractivity contribution >= 4 is 74.7 Å². The number of Topliss-reactive ketones (excluding diaryl/α,β-unsaturated/α-hetero) is 3. The molecular formula is C94H170N4O31S2Y. The average Bonchev–Trinajstić information content (AvgIpc) is 1.10. The molecule has 4 amide bonds. The molecule has 0 aromatic rings. The van der Waals surface area contributed by atoms with Gasteiger partial charge >= 0.3 is 18.0 Å². The van der Waals surface area contributed by atoms with Crippen LogP contribution in [0, 0.1) is 23.2 Å². The second kappa shape index (κ2) is 75.5. The van der Waals surface area contributed by atoms with Crippen LogP contribution in [0.4, 0.5) is 4.79 Å². The smallest absolute Gasteiger partial charge is 0.407 e. The van der Waals surface area contributed by atoms with Crippen LogP contribution in [0.25, 0.3) is 0 Å². The van der Waals surface area contributed by atoms with E-state index in [0.29, 0.717) is 181 Å². The van der Waals surface area contributed by atoms with E-state index >= 15 is 0 Å². The van der Waals surface area contributed by atoms with Gasteiger partial charge in [-0.2, -0.15) is 0 Å². The van der Waals surface area contributed by atoms with Crippen molar-refractivity contribution < 1.29 is 184 Å². The van der Waals surface area contributed by atoms with Crippen LogP contribution < -0.4 is 16.0 Å². The zero-order chi connectivity index (χ0) is 96.6. The van der Waals surface area contributed by atoms with Gasteiger partial charge in [0.25, 0.3) is 0 Å². The van der Waals surface area contributed by atoms with Crippen LogP contribution in [-0.4, -0.2) is 331 Å². The quantitative estimate of drug-likeness (QED) is 0.0117. The average molecular weight is 2010 g/mol. The van der Waals surface area contributed by atoms with Gasteiger partial charge in [0, 0.05) is 165 Å². The largest absolute Gasteiger partial charge is 0.466 e. The first-order valence-electron chi connectivity index (χ1n) is 48.8. The summed E-state index contributed by atoms with van der Waals surface area (Å²) in [6.07, 6.45) is 12.9. The van der Waals surface area contributed by atoms with Crippen molar-refractivity contribution in [2.24, 2.45) is 23.2 Å². The Kier molecular flexibility index (Phi) is 71.4. The number of nitrogens with zero attached hydrogens (tertiary/aromatic N) is 1. The Morgan fingerprint density at radius 3 is 1.23 bits per heavy atom. The monoisotopic (exact) mass is 2000 g/mol. The van der Waals surface area contributed by atoms with Crippen molar-refractivity contribution in [2.45, 2.75) is 390 Å². The van der Waals surface area contributed by atoms with Crippen LogP contribution in [-0.2, 0) is 128 Å². The Morgan fingerprint density at radius 2 is 0.788 bits per heavy atom.